The summed E-state index contributed by atoms with van der Waals surface area (Å²) in [5.74, 6) is 3.49. The molecule has 2 aliphatic rings. The lowest BCUT2D eigenvalue weighted by molar-refractivity contribution is 0.416. The molecule has 100 valence electrons. The SMILES string of the molecule is CNC1CCCC1CCS(=O)CC1CCCC1. The Morgan fingerprint density at radius 2 is 1.88 bits per heavy atom. The number of hydrogen-bond donors (Lipinski definition) is 1. The van der Waals surface area contributed by atoms with Crippen molar-refractivity contribution in [3.63, 3.8) is 0 Å². The van der Waals surface area contributed by atoms with Crippen LogP contribution < -0.4 is 5.32 Å². The van der Waals surface area contributed by atoms with Gasteiger partial charge >= 0.3 is 0 Å². The fourth-order valence-corrected chi connectivity index (χ4v) is 5.16. The maximum absolute atomic E-state index is 12.0. The molecule has 2 aliphatic carbocycles. The van der Waals surface area contributed by atoms with E-state index in [1.165, 1.54) is 51.4 Å². The van der Waals surface area contributed by atoms with Crippen molar-refractivity contribution in [3.8, 4) is 0 Å². The van der Waals surface area contributed by atoms with Gasteiger partial charge in [-0.05, 0) is 51.0 Å². The van der Waals surface area contributed by atoms with E-state index in [0.29, 0.717) is 6.04 Å². The Morgan fingerprint density at radius 1 is 1.12 bits per heavy atom. The van der Waals surface area contributed by atoms with E-state index < -0.39 is 10.8 Å². The van der Waals surface area contributed by atoms with Gasteiger partial charge in [0.2, 0.25) is 0 Å². The van der Waals surface area contributed by atoms with Crippen molar-refractivity contribution in [1.82, 2.24) is 5.32 Å². The first kappa shape index (κ1) is 13.5. The van der Waals surface area contributed by atoms with Gasteiger partial charge in [-0.2, -0.15) is 0 Å². The van der Waals surface area contributed by atoms with Crippen LogP contribution in [-0.2, 0) is 10.8 Å². The van der Waals surface area contributed by atoms with Crippen LogP contribution in [0.2, 0.25) is 0 Å². The van der Waals surface area contributed by atoms with Crippen LogP contribution in [0.3, 0.4) is 0 Å². The van der Waals surface area contributed by atoms with E-state index in [1.54, 1.807) is 0 Å². The zero-order chi connectivity index (χ0) is 12.1. The first-order valence-electron chi connectivity index (χ1n) is 7.32. The molecule has 0 heterocycles. The van der Waals surface area contributed by atoms with Crippen molar-refractivity contribution in [3.05, 3.63) is 0 Å². The molecule has 2 saturated carbocycles. The number of hydrogen-bond acceptors (Lipinski definition) is 2. The molecular weight excluding hydrogens is 230 g/mol. The van der Waals surface area contributed by atoms with Gasteiger partial charge in [0.1, 0.15) is 0 Å². The molecule has 2 fully saturated rings. The smallest absolute Gasteiger partial charge is 0.0263 e. The molecule has 3 heteroatoms. The fourth-order valence-electron chi connectivity index (χ4n) is 3.57. The maximum Gasteiger partial charge on any atom is 0.0263 e. The van der Waals surface area contributed by atoms with E-state index >= 15 is 0 Å². The van der Waals surface area contributed by atoms with Gasteiger partial charge < -0.3 is 5.32 Å². The molecule has 3 unspecified atom stereocenters. The van der Waals surface area contributed by atoms with E-state index in [1.807, 2.05) is 0 Å². The standard InChI is InChI=1S/C14H27NOS/c1-15-14-8-4-7-13(14)9-10-17(16)11-12-5-2-3-6-12/h12-15H,2-11H2,1H3. The minimum absolute atomic E-state index is 0.551. The van der Waals surface area contributed by atoms with Crippen LogP contribution in [0.1, 0.15) is 51.4 Å². The first-order chi connectivity index (χ1) is 8.29. The zero-order valence-corrected chi connectivity index (χ0v) is 11.9. The van der Waals surface area contributed by atoms with Gasteiger partial charge in [0.05, 0.1) is 0 Å². The van der Waals surface area contributed by atoms with E-state index in [-0.39, 0.29) is 0 Å². The average Bonchev–Trinajstić information content (AvgIpc) is 2.96. The summed E-state index contributed by atoms with van der Waals surface area (Å²) in [7, 11) is 1.52. The van der Waals surface area contributed by atoms with Crippen molar-refractivity contribution in [2.24, 2.45) is 11.8 Å². The highest BCUT2D eigenvalue weighted by atomic mass is 32.2. The number of nitrogens with one attached hydrogen (secondary N) is 1. The summed E-state index contributed by atoms with van der Waals surface area (Å²) in [4.78, 5) is 0. The van der Waals surface area contributed by atoms with Gasteiger partial charge in [-0.3, -0.25) is 4.21 Å². The Morgan fingerprint density at radius 3 is 2.59 bits per heavy atom. The van der Waals surface area contributed by atoms with Crippen molar-refractivity contribution in [2.75, 3.05) is 18.6 Å². The van der Waals surface area contributed by atoms with Crippen LogP contribution in [0.25, 0.3) is 0 Å². The molecule has 3 atom stereocenters. The van der Waals surface area contributed by atoms with Gasteiger partial charge in [0.15, 0.2) is 0 Å². The van der Waals surface area contributed by atoms with Crippen LogP contribution >= 0.6 is 0 Å². The predicted molar refractivity (Wildman–Crippen MR) is 74.6 cm³/mol. The lowest BCUT2D eigenvalue weighted by atomic mass is 10.0. The largest absolute Gasteiger partial charge is 0.317 e. The highest BCUT2D eigenvalue weighted by Crippen LogP contribution is 2.29. The highest BCUT2D eigenvalue weighted by molar-refractivity contribution is 7.84. The van der Waals surface area contributed by atoms with Crippen LogP contribution in [0.4, 0.5) is 0 Å². The minimum Gasteiger partial charge on any atom is -0.317 e. The molecule has 0 aromatic heterocycles. The van der Waals surface area contributed by atoms with Crippen molar-refractivity contribution in [2.45, 2.75) is 57.4 Å². The second kappa shape index (κ2) is 6.89. The molecule has 17 heavy (non-hydrogen) atoms. The Kier molecular flexibility index (Phi) is 5.49. The van der Waals surface area contributed by atoms with Crippen LogP contribution in [-0.4, -0.2) is 28.8 Å². The third-order valence-corrected chi connectivity index (χ3v) is 6.18. The second-order valence-corrected chi connectivity index (χ2v) is 7.46. The monoisotopic (exact) mass is 257 g/mol. The van der Waals surface area contributed by atoms with Gasteiger partial charge in [0.25, 0.3) is 0 Å². The Labute approximate surface area is 108 Å². The Hall–Kier alpha value is 0.110. The van der Waals surface area contributed by atoms with E-state index in [4.69, 9.17) is 0 Å². The predicted octanol–water partition coefficient (Wildman–Crippen LogP) is 2.70. The second-order valence-electron chi connectivity index (χ2n) is 5.84. The van der Waals surface area contributed by atoms with Crippen molar-refractivity contribution < 1.29 is 4.21 Å². The lowest BCUT2D eigenvalue weighted by Crippen LogP contribution is -2.30. The molecule has 1 N–H and O–H groups in total. The quantitative estimate of drug-likeness (QED) is 0.792. The van der Waals surface area contributed by atoms with Gasteiger partial charge in [-0.1, -0.05) is 19.3 Å². The topological polar surface area (TPSA) is 29.1 Å². The molecule has 0 aliphatic heterocycles. The van der Waals surface area contributed by atoms with Crippen LogP contribution in [0.5, 0.6) is 0 Å². The summed E-state index contributed by atoms with van der Waals surface area (Å²) in [5, 5.41) is 3.41. The fraction of sp³-hybridized carbons (Fsp3) is 1.00. The van der Waals surface area contributed by atoms with Crippen molar-refractivity contribution in [1.29, 1.82) is 0 Å². The summed E-state index contributed by atoms with van der Waals surface area (Å²) >= 11 is 0. The maximum atomic E-state index is 12.0. The summed E-state index contributed by atoms with van der Waals surface area (Å²) in [6, 6.07) is 0.693. The minimum atomic E-state index is -0.551. The molecule has 0 aromatic carbocycles. The summed E-state index contributed by atoms with van der Waals surface area (Å²) < 4.78 is 12.0. The first-order valence-corrected chi connectivity index (χ1v) is 8.80. The van der Waals surface area contributed by atoms with Crippen LogP contribution in [0, 0.1) is 11.8 Å². The van der Waals surface area contributed by atoms with Crippen LogP contribution in [0.15, 0.2) is 0 Å². The Balaban J connectivity index is 1.65. The third kappa shape index (κ3) is 4.06. The van der Waals surface area contributed by atoms with E-state index in [9.17, 15) is 4.21 Å². The molecular formula is C14H27NOS. The molecule has 0 radical (unpaired) electrons. The lowest BCUT2D eigenvalue weighted by Gasteiger charge is -2.18. The number of rotatable bonds is 6. The Bertz CT molecular complexity index is 251. The normalized spacial score (nSPS) is 32.1. The molecule has 0 spiro atoms. The summed E-state index contributed by atoms with van der Waals surface area (Å²) in [5.41, 5.74) is 0. The molecule has 0 bridgehead atoms. The summed E-state index contributed by atoms with van der Waals surface area (Å²) in [6.07, 6.45) is 10.6. The van der Waals surface area contributed by atoms with Gasteiger partial charge in [-0.15, -0.1) is 0 Å². The molecule has 0 amide bonds. The van der Waals surface area contributed by atoms with Gasteiger partial charge in [-0.25, -0.2) is 0 Å². The molecule has 2 rings (SSSR count). The highest BCUT2D eigenvalue weighted by Gasteiger charge is 2.26. The van der Waals surface area contributed by atoms with Crippen molar-refractivity contribution >= 4 is 10.8 Å². The third-order valence-electron chi connectivity index (χ3n) is 4.64. The molecule has 0 saturated heterocycles. The average molecular weight is 257 g/mol. The summed E-state index contributed by atoms with van der Waals surface area (Å²) in [6.45, 7) is 0. The van der Waals surface area contributed by atoms with E-state index in [2.05, 4.69) is 12.4 Å². The molecule has 2 nitrogen and oxygen atoms in total. The van der Waals surface area contributed by atoms with E-state index in [0.717, 1.165) is 23.3 Å². The molecule has 0 aromatic rings. The zero-order valence-electron chi connectivity index (χ0n) is 11.1. The van der Waals surface area contributed by atoms with Gasteiger partial charge in [0, 0.05) is 28.3 Å².